The van der Waals surface area contributed by atoms with Crippen molar-refractivity contribution in [1.82, 2.24) is 15.0 Å². The lowest BCUT2D eigenvalue weighted by Crippen LogP contribution is -2.26. The van der Waals surface area contributed by atoms with Gasteiger partial charge in [0.05, 0.1) is 11.9 Å². The third-order valence-electron chi connectivity index (χ3n) is 4.53. The largest absolute Gasteiger partial charge is 0.573 e. The molecule has 164 valence electrons. The third kappa shape index (κ3) is 5.02. The van der Waals surface area contributed by atoms with Gasteiger partial charge in [-0.05, 0) is 59.7 Å². The minimum atomic E-state index is -4.77. The molecule has 0 N–H and O–H groups in total. The highest BCUT2D eigenvalue weighted by Crippen LogP contribution is 2.27. The highest BCUT2D eigenvalue weighted by Gasteiger charge is 2.30. The monoisotopic (exact) mass is 445 g/mol. The minimum Gasteiger partial charge on any atom is -0.492 e. The molecule has 0 aliphatic rings. The zero-order valence-corrected chi connectivity index (χ0v) is 16.3. The molecule has 0 saturated heterocycles. The zero-order valence-electron chi connectivity index (χ0n) is 16.3. The molecule has 10 heteroatoms. The smallest absolute Gasteiger partial charge is 0.492 e. The number of benzene rings is 3. The fraction of sp³-hybridized carbons (Fsp3) is 0.136. The van der Waals surface area contributed by atoms with Crippen LogP contribution in [0.3, 0.4) is 0 Å². The molecule has 0 radical (unpaired) electrons. The fourth-order valence-electron chi connectivity index (χ4n) is 3.03. The molecule has 0 amide bonds. The Hall–Kier alpha value is -3.95. The standard InChI is InChI=1S/C22H15F4N3O3/c23-16-4-8-17(9-5-16)31-12-11-29-21(30)19-13-15(3-10-20(19)27-28-29)14-1-6-18(7-2-14)32-22(24,25)26/h1-10,13H,11-12H2. The molecule has 0 fully saturated rings. The summed E-state index contributed by atoms with van der Waals surface area (Å²) in [7, 11) is 0. The normalized spacial score (nSPS) is 11.5. The summed E-state index contributed by atoms with van der Waals surface area (Å²) in [6.07, 6.45) is -4.77. The van der Waals surface area contributed by atoms with Crippen molar-refractivity contribution in [2.45, 2.75) is 12.9 Å². The predicted molar refractivity (Wildman–Crippen MR) is 108 cm³/mol. The van der Waals surface area contributed by atoms with E-state index in [-0.39, 0.29) is 24.7 Å². The van der Waals surface area contributed by atoms with Crippen molar-refractivity contribution in [3.63, 3.8) is 0 Å². The van der Waals surface area contributed by atoms with E-state index in [1.54, 1.807) is 18.2 Å². The number of rotatable bonds is 6. The van der Waals surface area contributed by atoms with E-state index in [0.29, 0.717) is 27.8 Å². The molecule has 0 aliphatic heterocycles. The Morgan fingerprint density at radius 1 is 0.875 bits per heavy atom. The van der Waals surface area contributed by atoms with E-state index in [9.17, 15) is 22.4 Å². The van der Waals surface area contributed by atoms with Gasteiger partial charge in [-0.15, -0.1) is 18.3 Å². The summed E-state index contributed by atoms with van der Waals surface area (Å²) in [6, 6.07) is 15.7. The second-order valence-corrected chi connectivity index (χ2v) is 6.72. The minimum absolute atomic E-state index is 0.117. The molecule has 32 heavy (non-hydrogen) atoms. The summed E-state index contributed by atoms with van der Waals surface area (Å²) in [4.78, 5) is 12.8. The number of nitrogens with zero attached hydrogens (tertiary/aromatic N) is 3. The highest BCUT2D eigenvalue weighted by atomic mass is 19.4. The quantitative estimate of drug-likeness (QED) is 0.407. The van der Waals surface area contributed by atoms with Crippen LogP contribution in [0.4, 0.5) is 17.6 Å². The van der Waals surface area contributed by atoms with Crippen molar-refractivity contribution in [2.24, 2.45) is 0 Å². The first-order chi connectivity index (χ1) is 15.3. The van der Waals surface area contributed by atoms with Crippen LogP contribution in [-0.4, -0.2) is 28.0 Å². The van der Waals surface area contributed by atoms with Gasteiger partial charge in [0, 0.05) is 0 Å². The van der Waals surface area contributed by atoms with Gasteiger partial charge in [-0.2, -0.15) is 0 Å². The van der Waals surface area contributed by atoms with Gasteiger partial charge in [-0.25, -0.2) is 9.07 Å². The van der Waals surface area contributed by atoms with Crippen LogP contribution in [0.2, 0.25) is 0 Å². The predicted octanol–water partition coefficient (Wildman–Crippen LogP) is 4.58. The molecule has 1 heterocycles. The second-order valence-electron chi connectivity index (χ2n) is 6.72. The topological polar surface area (TPSA) is 66.2 Å². The number of ether oxygens (including phenoxy) is 2. The van der Waals surface area contributed by atoms with Crippen LogP contribution < -0.4 is 15.0 Å². The summed E-state index contributed by atoms with van der Waals surface area (Å²) >= 11 is 0. The van der Waals surface area contributed by atoms with Gasteiger partial charge in [0.1, 0.15) is 29.4 Å². The summed E-state index contributed by atoms with van der Waals surface area (Å²) in [5.74, 6) is -0.267. The number of aromatic nitrogens is 3. The molecule has 0 bridgehead atoms. The lowest BCUT2D eigenvalue weighted by atomic mass is 10.0. The lowest BCUT2D eigenvalue weighted by Gasteiger charge is -2.10. The molecular formula is C22H15F4N3O3. The zero-order chi connectivity index (χ0) is 22.7. The van der Waals surface area contributed by atoms with E-state index in [0.717, 1.165) is 4.68 Å². The van der Waals surface area contributed by atoms with Crippen molar-refractivity contribution >= 4 is 10.9 Å². The SMILES string of the molecule is O=c1c2cc(-c3ccc(OC(F)(F)F)cc3)ccc2nnn1CCOc1ccc(F)cc1. The Bertz CT molecular complexity index is 1290. The first-order valence-corrected chi connectivity index (χ1v) is 9.41. The summed E-state index contributed by atoms with van der Waals surface area (Å²) in [6.45, 7) is 0.235. The van der Waals surface area contributed by atoms with Gasteiger partial charge in [0.15, 0.2) is 0 Å². The molecule has 0 unspecified atom stereocenters. The van der Waals surface area contributed by atoms with Crippen molar-refractivity contribution in [1.29, 1.82) is 0 Å². The second kappa shape index (κ2) is 8.66. The Morgan fingerprint density at radius 3 is 2.22 bits per heavy atom. The number of hydrogen-bond acceptors (Lipinski definition) is 5. The van der Waals surface area contributed by atoms with Crippen LogP contribution in [-0.2, 0) is 6.54 Å². The van der Waals surface area contributed by atoms with E-state index < -0.39 is 11.9 Å². The molecule has 3 aromatic carbocycles. The van der Waals surface area contributed by atoms with Crippen LogP contribution in [0.5, 0.6) is 11.5 Å². The number of alkyl halides is 3. The average Bonchev–Trinajstić information content (AvgIpc) is 2.76. The van der Waals surface area contributed by atoms with Gasteiger partial charge in [-0.3, -0.25) is 4.79 Å². The van der Waals surface area contributed by atoms with E-state index in [1.807, 2.05) is 0 Å². The van der Waals surface area contributed by atoms with Gasteiger partial charge in [0.25, 0.3) is 5.56 Å². The van der Waals surface area contributed by atoms with Gasteiger partial charge in [-0.1, -0.05) is 23.4 Å². The Labute approximate surface area is 178 Å². The molecule has 0 aliphatic carbocycles. The van der Waals surface area contributed by atoms with Crippen molar-refractivity contribution in [3.8, 4) is 22.6 Å². The Kier molecular flexibility index (Phi) is 5.76. The van der Waals surface area contributed by atoms with Crippen LogP contribution in [0.1, 0.15) is 0 Å². The van der Waals surface area contributed by atoms with Crippen molar-refractivity contribution in [2.75, 3.05) is 6.61 Å². The number of halogens is 4. The van der Waals surface area contributed by atoms with E-state index >= 15 is 0 Å². The maximum atomic E-state index is 12.9. The number of hydrogen-bond donors (Lipinski definition) is 0. The molecule has 0 spiro atoms. The van der Waals surface area contributed by atoms with Crippen LogP contribution in [0.15, 0.2) is 71.5 Å². The Morgan fingerprint density at radius 2 is 1.53 bits per heavy atom. The number of fused-ring (bicyclic) bond motifs is 1. The van der Waals surface area contributed by atoms with E-state index in [1.165, 1.54) is 48.5 Å². The van der Waals surface area contributed by atoms with E-state index in [4.69, 9.17) is 4.74 Å². The molecule has 0 atom stereocenters. The van der Waals surface area contributed by atoms with Crippen molar-refractivity contribution in [3.05, 3.63) is 82.9 Å². The lowest BCUT2D eigenvalue weighted by molar-refractivity contribution is -0.274. The molecule has 1 aromatic heterocycles. The molecule has 4 rings (SSSR count). The first-order valence-electron chi connectivity index (χ1n) is 9.41. The summed E-state index contributed by atoms with van der Waals surface area (Å²) in [5.41, 5.74) is 1.21. The molecule has 0 saturated carbocycles. The van der Waals surface area contributed by atoms with Gasteiger partial charge < -0.3 is 9.47 Å². The van der Waals surface area contributed by atoms with Gasteiger partial charge >= 0.3 is 6.36 Å². The summed E-state index contributed by atoms with van der Waals surface area (Å²) in [5, 5.41) is 8.22. The fourth-order valence-corrected chi connectivity index (χ4v) is 3.03. The van der Waals surface area contributed by atoms with Crippen LogP contribution >= 0.6 is 0 Å². The molecule has 6 nitrogen and oxygen atoms in total. The molecule has 4 aromatic rings. The van der Waals surface area contributed by atoms with E-state index in [2.05, 4.69) is 15.0 Å². The molecular weight excluding hydrogens is 430 g/mol. The highest BCUT2D eigenvalue weighted by molar-refractivity contribution is 5.83. The van der Waals surface area contributed by atoms with Crippen LogP contribution in [0.25, 0.3) is 22.0 Å². The van der Waals surface area contributed by atoms with Gasteiger partial charge in [0.2, 0.25) is 0 Å². The van der Waals surface area contributed by atoms with Crippen LogP contribution in [0, 0.1) is 5.82 Å². The maximum Gasteiger partial charge on any atom is 0.573 e. The Balaban J connectivity index is 1.53. The summed E-state index contributed by atoms with van der Waals surface area (Å²) < 4.78 is 60.4. The van der Waals surface area contributed by atoms with Crippen molar-refractivity contribution < 1.29 is 27.0 Å². The third-order valence-corrected chi connectivity index (χ3v) is 4.53. The maximum absolute atomic E-state index is 12.9. The first kappa shape index (κ1) is 21.3. The average molecular weight is 445 g/mol.